The van der Waals surface area contributed by atoms with Gasteiger partial charge in [0, 0.05) is 23.0 Å². The molecular weight excluding hydrogens is 229 g/mol. The van der Waals surface area contributed by atoms with Crippen molar-refractivity contribution in [2.75, 3.05) is 0 Å². The van der Waals surface area contributed by atoms with Gasteiger partial charge in [0.1, 0.15) is 5.82 Å². The Morgan fingerprint density at radius 2 is 2.12 bits per heavy atom. The van der Waals surface area contributed by atoms with Gasteiger partial charge in [-0.15, -0.1) is 0 Å². The van der Waals surface area contributed by atoms with Crippen molar-refractivity contribution in [1.29, 1.82) is 0 Å². The van der Waals surface area contributed by atoms with E-state index in [1.165, 1.54) is 30.7 Å². The average molecular weight is 238 g/mol. The monoisotopic (exact) mass is 237 g/mol. The Morgan fingerprint density at radius 3 is 2.75 bits per heavy atom. The smallest absolute Gasteiger partial charge is 0.129 e. The molecule has 0 saturated carbocycles. The molecule has 0 spiro atoms. The molecule has 0 aliphatic rings. The van der Waals surface area contributed by atoms with E-state index < -0.39 is 11.9 Å². The quantitative estimate of drug-likeness (QED) is 0.872. The first kappa shape index (κ1) is 11.0. The van der Waals surface area contributed by atoms with Gasteiger partial charge in [0.25, 0.3) is 0 Å². The summed E-state index contributed by atoms with van der Waals surface area (Å²) in [5.41, 5.74) is 6.61. The number of nitrogens with zero attached hydrogens (tertiary/aromatic N) is 2. The normalized spacial score (nSPS) is 12.4. The molecule has 3 nitrogen and oxygen atoms in total. The summed E-state index contributed by atoms with van der Waals surface area (Å²) in [7, 11) is 0. The molecule has 16 heavy (non-hydrogen) atoms. The molecule has 82 valence electrons. The first-order valence-corrected chi connectivity index (χ1v) is 5.03. The lowest BCUT2D eigenvalue weighted by Crippen LogP contribution is -2.15. The Labute approximate surface area is 97.1 Å². The minimum Gasteiger partial charge on any atom is -0.319 e. The van der Waals surface area contributed by atoms with Gasteiger partial charge in [-0.3, -0.25) is 9.97 Å². The van der Waals surface area contributed by atoms with Gasteiger partial charge in [0.05, 0.1) is 17.9 Å². The van der Waals surface area contributed by atoms with Crippen molar-refractivity contribution in [2.24, 2.45) is 5.73 Å². The second-order valence-corrected chi connectivity index (χ2v) is 3.65. The second kappa shape index (κ2) is 4.55. The highest BCUT2D eigenvalue weighted by molar-refractivity contribution is 6.31. The summed E-state index contributed by atoms with van der Waals surface area (Å²) in [6.45, 7) is 0. The van der Waals surface area contributed by atoms with Crippen LogP contribution in [0.1, 0.15) is 17.3 Å². The molecule has 1 aromatic carbocycles. The molecule has 5 heteroatoms. The summed E-state index contributed by atoms with van der Waals surface area (Å²) in [6.07, 6.45) is 4.52. The van der Waals surface area contributed by atoms with Gasteiger partial charge in [-0.1, -0.05) is 17.7 Å². The molecule has 0 aliphatic heterocycles. The fourth-order valence-corrected chi connectivity index (χ4v) is 1.71. The fraction of sp³-hybridized carbons (Fsp3) is 0.0909. The highest BCUT2D eigenvalue weighted by Gasteiger charge is 2.17. The van der Waals surface area contributed by atoms with Crippen molar-refractivity contribution in [1.82, 2.24) is 9.97 Å². The van der Waals surface area contributed by atoms with E-state index in [4.69, 9.17) is 17.3 Å². The van der Waals surface area contributed by atoms with Crippen molar-refractivity contribution in [3.8, 4) is 0 Å². The maximum absolute atomic E-state index is 13.6. The molecule has 0 bridgehead atoms. The number of nitrogens with two attached hydrogens (primary N) is 1. The van der Waals surface area contributed by atoms with E-state index in [-0.39, 0.29) is 10.6 Å². The predicted octanol–water partition coefficient (Wildman–Crippen LogP) is 2.32. The third kappa shape index (κ3) is 2.03. The van der Waals surface area contributed by atoms with Crippen LogP contribution in [-0.4, -0.2) is 9.97 Å². The Balaban J connectivity index is 2.46. The van der Waals surface area contributed by atoms with Crippen LogP contribution in [0.3, 0.4) is 0 Å². The van der Waals surface area contributed by atoms with Crippen molar-refractivity contribution < 1.29 is 4.39 Å². The summed E-state index contributed by atoms with van der Waals surface area (Å²) in [5, 5.41) is 0.290. The largest absolute Gasteiger partial charge is 0.319 e. The number of hydrogen-bond acceptors (Lipinski definition) is 3. The Kier molecular flexibility index (Phi) is 3.12. The maximum atomic E-state index is 13.6. The zero-order valence-corrected chi connectivity index (χ0v) is 9.03. The van der Waals surface area contributed by atoms with Crippen LogP contribution in [0.15, 0.2) is 36.8 Å². The van der Waals surface area contributed by atoms with Crippen molar-refractivity contribution in [2.45, 2.75) is 6.04 Å². The number of halogens is 2. The summed E-state index contributed by atoms with van der Waals surface area (Å²) in [5.74, 6) is -0.439. The van der Waals surface area contributed by atoms with E-state index >= 15 is 0 Å². The standard InChI is InChI=1S/C11H9ClFN3/c12-7-2-1-3-8(13)10(7)11(14)9-6-15-4-5-16-9/h1-6,11H,14H2. The molecule has 1 atom stereocenters. The molecule has 0 aliphatic carbocycles. The lowest BCUT2D eigenvalue weighted by molar-refractivity contribution is 0.597. The van der Waals surface area contributed by atoms with Gasteiger partial charge in [0.2, 0.25) is 0 Å². The number of hydrogen-bond donors (Lipinski definition) is 1. The number of aromatic nitrogens is 2. The first-order valence-electron chi connectivity index (χ1n) is 4.65. The van der Waals surface area contributed by atoms with E-state index in [9.17, 15) is 4.39 Å². The topological polar surface area (TPSA) is 51.8 Å². The SMILES string of the molecule is NC(c1cnccn1)c1c(F)cccc1Cl. The summed E-state index contributed by atoms with van der Waals surface area (Å²) in [6, 6.07) is 3.74. The minimum absolute atomic E-state index is 0.240. The van der Waals surface area contributed by atoms with Crippen LogP contribution < -0.4 is 5.73 Å². The van der Waals surface area contributed by atoms with Crippen LogP contribution >= 0.6 is 11.6 Å². The maximum Gasteiger partial charge on any atom is 0.129 e. The lowest BCUT2D eigenvalue weighted by Gasteiger charge is -2.13. The van der Waals surface area contributed by atoms with Crippen LogP contribution in [0.2, 0.25) is 5.02 Å². The highest BCUT2D eigenvalue weighted by atomic mass is 35.5. The Morgan fingerprint density at radius 1 is 1.31 bits per heavy atom. The van der Waals surface area contributed by atoms with Gasteiger partial charge in [-0.2, -0.15) is 0 Å². The van der Waals surface area contributed by atoms with E-state index in [2.05, 4.69) is 9.97 Å². The van der Waals surface area contributed by atoms with Crippen LogP contribution in [0.4, 0.5) is 4.39 Å². The van der Waals surface area contributed by atoms with E-state index in [0.29, 0.717) is 5.69 Å². The molecule has 2 N–H and O–H groups in total. The van der Waals surface area contributed by atoms with Crippen molar-refractivity contribution in [3.63, 3.8) is 0 Å². The average Bonchev–Trinajstić information content (AvgIpc) is 2.30. The zero-order valence-electron chi connectivity index (χ0n) is 8.27. The molecule has 0 fully saturated rings. The third-order valence-corrected chi connectivity index (χ3v) is 2.54. The molecule has 1 heterocycles. The van der Waals surface area contributed by atoms with E-state index in [0.717, 1.165) is 0 Å². The molecule has 0 radical (unpaired) electrons. The predicted molar refractivity (Wildman–Crippen MR) is 59.5 cm³/mol. The minimum atomic E-state index is -0.706. The Hall–Kier alpha value is -1.52. The van der Waals surface area contributed by atoms with E-state index in [1.807, 2.05) is 0 Å². The summed E-state index contributed by atoms with van der Waals surface area (Å²) >= 11 is 5.91. The first-order chi connectivity index (χ1) is 7.70. The van der Waals surface area contributed by atoms with Crippen LogP contribution in [0.25, 0.3) is 0 Å². The summed E-state index contributed by atoms with van der Waals surface area (Å²) < 4.78 is 13.6. The molecule has 0 amide bonds. The lowest BCUT2D eigenvalue weighted by atomic mass is 10.0. The molecule has 2 rings (SSSR count). The molecule has 2 aromatic rings. The molecule has 1 aromatic heterocycles. The van der Waals surface area contributed by atoms with Crippen molar-refractivity contribution in [3.05, 3.63) is 58.9 Å². The molecule has 1 unspecified atom stereocenters. The zero-order chi connectivity index (χ0) is 11.5. The number of benzene rings is 1. The summed E-state index contributed by atoms with van der Waals surface area (Å²) in [4.78, 5) is 7.91. The van der Waals surface area contributed by atoms with Crippen LogP contribution in [-0.2, 0) is 0 Å². The van der Waals surface area contributed by atoms with E-state index in [1.54, 1.807) is 6.07 Å². The van der Waals surface area contributed by atoms with Gasteiger partial charge in [-0.25, -0.2) is 4.39 Å². The van der Waals surface area contributed by atoms with Crippen molar-refractivity contribution >= 4 is 11.6 Å². The highest BCUT2D eigenvalue weighted by Crippen LogP contribution is 2.27. The van der Waals surface area contributed by atoms with Gasteiger partial charge in [-0.05, 0) is 12.1 Å². The Bertz CT molecular complexity index is 470. The van der Waals surface area contributed by atoms with Gasteiger partial charge in [0.15, 0.2) is 0 Å². The van der Waals surface area contributed by atoms with Crippen LogP contribution in [0, 0.1) is 5.82 Å². The van der Waals surface area contributed by atoms with Crippen LogP contribution in [0.5, 0.6) is 0 Å². The third-order valence-electron chi connectivity index (χ3n) is 2.21. The van der Waals surface area contributed by atoms with Gasteiger partial charge >= 0.3 is 0 Å². The second-order valence-electron chi connectivity index (χ2n) is 3.24. The molecular formula is C11H9ClFN3. The number of rotatable bonds is 2. The fourth-order valence-electron chi connectivity index (χ4n) is 1.43. The molecule has 0 saturated heterocycles. The van der Waals surface area contributed by atoms with Gasteiger partial charge < -0.3 is 5.73 Å².